The quantitative estimate of drug-likeness (QED) is 0.828. The molecule has 0 N–H and O–H groups in total. The van der Waals surface area contributed by atoms with Crippen LogP contribution in [0.3, 0.4) is 0 Å². The van der Waals surface area contributed by atoms with E-state index < -0.39 is 0 Å². The Morgan fingerprint density at radius 2 is 2.00 bits per heavy atom. The van der Waals surface area contributed by atoms with Gasteiger partial charge in [0.1, 0.15) is 5.78 Å². The third-order valence-electron chi connectivity index (χ3n) is 4.68. The number of carbonyl (C=O) groups is 1. The summed E-state index contributed by atoms with van der Waals surface area (Å²) < 4.78 is 5.43. The summed E-state index contributed by atoms with van der Waals surface area (Å²) in [5, 5.41) is 0. The highest BCUT2D eigenvalue weighted by Gasteiger charge is 2.32. The second-order valence-corrected chi connectivity index (χ2v) is 6.01. The van der Waals surface area contributed by atoms with E-state index in [2.05, 4.69) is 30.3 Å². The molecule has 3 rings (SSSR count). The Balaban J connectivity index is 1.65. The normalized spacial score (nSPS) is 31.6. The van der Waals surface area contributed by atoms with E-state index in [1.807, 2.05) is 0 Å². The number of ketones is 1. The van der Waals surface area contributed by atoms with E-state index in [1.54, 1.807) is 0 Å². The van der Waals surface area contributed by atoms with Crippen molar-refractivity contribution in [2.75, 3.05) is 13.2 Å². The van der Waals surface area contributed by atoms with Gasteiger partial charge in [0.15, 0.2) is 0 Å². The molecule has 1 aromatic rings. The fourth-order valence-corrected chi connectivity index (χ4v) is 3.54. The van der Waals surface area contributed by atoms with Gasteiger partial charge in [0.25, 0.3) is 0 Å². The van der Waals surface area contributed by atoms with E-state index in [9.17, 15) is 4.79 Å². The molecule has 1 aromatic carbocycles. The molecule has 1 saturated heterocycles. The lowest BCUT2D eigenvalue weighted by Crippen LogP contribution is -2.26. The van der Waals surface area contributed by atoms with E-state index in [0.29, 0.717) is 17.6 Å². The molecule has 1 saturated carbocycles. The Morgan fingerprint density at radius 3 is 2.74 bits per heavy atom. The van der Waals surface area contributed by atoms with Gasteiger partial charge in [-0.3, -0.25) is 4.79 Å². The van der Waals surface area contributed by atoms with Crippen molar-refractivity contribution in [2.45, 2.75) is 38.0 Å². The molecule has 102 valence electrons. The third kappa shape index (κ3) is 3.06. The van der Waals surface area contributed by atoms with E-state index in [0.717, 1.165) is 45.3 Å². The Kier molecular flexibility index (Phi) is 3.97. The highest BCUT2D eigenvalue weighted by molar-refractivity contribution is 5.82. The van der Waals surface area contributed by atoms with Crippen molar-refractivity contribution in [3.05, 3.63) is 35.9 Å². The van der Waals surface area contributed by atoms with Gasteiger partial charge < -0.3 is 4.74 Å². The first-order valence-corrected chi connectivity index (χ1v) is 7.48. The molecule has 0 aromatic heterocycles. The number of ether oxygens (including phenoxy) is 1. The Hall–Kier alpha value is -1.15. The molecule has 2 heteroatoms. The molecule has 1 aliphatic carbocycles. The van der Waals surface area contributed by atoms with Crippen LogP contribution in [-0.2, 0) is 9.53 Å². The maximum atomic E-state index is 12.1. The maximum absolute atomic E-state index is 12.1. The maximum Gasteiger partial charge on any atom is 0.136 e. The Labute approximate surface area is 115 Å². The van der Waals surface area contributed by atoms with Gasteiger partial charge in [0, 0.05) is 25.6 Å². The predicted octanol–water partition coefficient (Wildman–Crippen LogP) is 3.57. The number of Topliss-reactive ketones (excluding diaryl/α,β-unsaturated/α-hetero) is 1. The van der Waals surface area contributed by atoms with Crippen molar-refractivity contribution >= 4 is 5.78 Å². The number of hydrogen-bond donors (Lipinski definition) is 0. The van der Waals surface area contributed by atoms with Crippen LogP contribution in [0.25, 0.3) is 0 Å². The third-order valence-corrected chi connectivity index (χ3v) is 4.68. The van der Waals surface area contributed by atoms with Crippen LogP contribution < -0.4 is 0 Å². The van der Waals surface area contributed by atoms with Crippen LogP contribution in [0.4, 0.5) is 0 Å². The van der Waals surface area contributed by atoms with E-state index in [-0.39, 0.29) is 5.92 Å². The van der Waals surface area contributed by atoms with Gasteiger partial charge in [-0.2, -0.15) is 0 Å². The lowest BCUT2D eigenvalue weighted by Gasteiger charge is -2.29. The zero-order chi connectivity index (χ0) is 13.1. The summed E-state index contributed by atoms with van der Waals surface area (Å²) >= 11 is 0. The standard InChI is InChI=1S/C17H22O2/c18-17-7-6-15(14-4-2-1-3-5-14)11-16(17)10-13-8-9-19-12-13/h1-5,13,15-16H,6-12H2. The summed E-state index contributed by atoms with van der Waals surface area (Å²) in [5.41, 5.74) is 1.41. The highest BCUT2D eigenvalue weighted by atomic mass is 16.5. The van der Waals surface area contributed by atoms with Crippen molar-refractivity contribution in [2.24, 2.45) is 11.8 Å². The Morgan fingerprint density at radius 1 is 1.16 bits per heavy atom. The molecule has 0 bridgehead atoms. The molecule has 1 heterocycles. The smallest absolute Gasteiger partial charge is 0.136 e. The fourth-order valence-electron chi connectivity index (χ4n) is 3.54. The van der Waals surface area contributed by atoms with Crippen LogP contribution in [0.5, 0.6) is 0 Å². The summed E-state index contributed by atoms with van der Waals surface area (Å²) in [5.74, 6) is 1.94. The molecule has 0 amide bonds. The molecule has 2 fully saturated rings. The van der Waals surface area contributed by atoms with Crippen LogP contribution in [-0.4, -0.2) is 19.0 Å². The number of rotatable bonds is 3. The highest BCUT2D eigenvalue weighted by Crippen LogP contribution is 2.37. The lowest BCUT2D eigenvalue weighted by molar-refractivity contribution is -0.125. The van der Waals surface area contributed by atoms with E-state index >= 15 is 0 Å². The fraction of sp³-hybridized carbons (Fsp3) is 0.588. The minimum atomic E-state index is 0.269. The first kappa shape index (κ1) is 12.9. The van der Waals surface area contributed by atoms with Crippen LogP contribution >= 0.6 is 0 Å². The van der Waals surface area contributed by atoms with Crippen molar-refractivity contribution in [3.8, 4) is 0 Å². The van der Waals surface area contributed by atoms with Crippen LogP contribution in [0.1, 0.15) is 43.6 Å². The molecule has 2 aliphatic rings. The van der Waals surface area contributed by atoms with Gasteiger partial charge in [-0.1, -0.05) is 30.3 Å². The number of hydrogen-bond acceptors (Lipinski definition) is 2. The first-order chi connectivity index (χ1) is 9.33. The first-order valence-electron chi connectivity index (χ1n) is 7.48. The molecule has 0 spiro atoms. The average molecular weight is 258 g/mol. The molecule has 3 atom stereocenters. The van der Waals surface area contributed by atoms with Crippen molar-refractivity contribution in [1.29, 1.82) is 0 Å². The van der Waals surface area contributed by atoms with Gasteiger partial charge >= 0.3 is 0 Å². The zero-order valence-corrected chi connectivity index (χ0v) is 11.4. The summed E-state index contributed by atoms with van der Waals surface area (Å²) in [6.07, 6.45) is 5.01. The summed E-state index contributed by atoms with van der Waals surface area (Å²) in [4.78, 5) is 12.1. The molecule has 0 radical (unpaired) electrons. The summed E-state index contributed by atoms with van der Waals surface area (Å²) in [6, 6.07) is 10.7. The topological polar surface area (TPSA) is 26.3 Å². The van der Waals surface area contributed by atoms with Gasteiger partial charge in [-0.15, -0.1) is 0 Å². The zero-order valence-electron chi connectivity index (χ0n) is 11.4. The SMILES string of the molecule is O=C1CCC(c2ccccc2)CC1CC1CCOC1. The molecular formula is C17H22O2. The molecular weight excluding hydrogens is 236 g/mol. The largest absolute Gasteiger partial charge is 0.381 e. The number of carbonyl (C=O) groups excluding carboxylic acids is 1. The monoisotopic (exact) mass is 258 g/mol. The lowest BCUT2D eigenvalue weighted by atomic mass is 9.74. The number of benzene rings is 1. The summed E-state index contributed by atoms with van der Waals surface area (Å²) in [6.45, 7) is 1.74. The van der Waals surface area contributed by atoms with E-state index in [4.69, 9.17) is 4.74 Å². The molecule has 3 unspecified atom stereocenters. The van der Waals surface area contributed by atoms with Gasteiger partial charge in [-0.05, 0) is 43.1 Å². The summed E-state index contributed by atoms with van der Waals surface area (Å²) in [7, 11) is 0. The van der Waals surface area contributed by atoms with Crippen LogP contribution in [0, 0.1) is 11.8 Å². The minimum absolute atomic E-state index is 0.269. The predicted molar refractivity (Wildman–Crippen MR) is 75.1 cm³/mol. The average Bonchev–Trinajstić information content (AvgIpc) is 2.95. The van der Waals surface area contributed by atoms with Crippen molar-refractivity contribution in [1.82, 2.24) is 0 Å². The molecule has 19 heavy (non-hydrogen) atoms. The van der Waals surface area contributed by atoms with Gasteiger partial charge in [-0.25, -0.2) is 0 Å². The second-order valence-electron chi connectivity index (χ2n) is 6.01. The van der Waals surface area contributed by atoms with Crippen molar-refractivity contribution < 1.29 is 9.53 Å². The van der Waals surface area contributed by atoms with Crippen molar-refractivity contribution in [3.63, 3.8) is 0 Å². The van der Waals surface area contributed by atoms with Gasteiger partial charge in [0.2, 0.25) is 0 Å². The molecule has 1 aliphatic heterocycles. The second kappa shape index (κ2) is 5.87. The van der Waals surface area contributed by atoms with Crippen LogP contribution in [0.15, 0.2) is 30.3 Å². The minimum Gasteiger partial charge on any atom is -0.381 e. The van der Waals surface area contributed by atoms with Crippen LogP contribution in [0.2, 0.25) is 0 Å². The van der Waals surface area contributed by atoms with E-state index in [1.165, 1.54) is 5.56 Å². The van der Waals surface area contributed by atoms with Gasteiger partial charge in [0.05, 0.1) is 0 Å². The Bertz CT molecular complexity index is 420. The molecule has 2 nitrogen and oxygen atoms in total.